The molecule has 0 amide bonds. The summed E-state index contributed by atoms with van der Waals surface area (Å²) in [5, 5.41) is 4.25. The van der Waals surface area contributed by atoms with Crippen LogP contribution in [0.4, 0.5) is 5.69 Å². The Hall–Kier alpha value is -1.58. The highest BCUT2D eigenvalue weighted by molar-refractivity contribution is 7.80. The third-order valence-electron chi connectivity index (χ3n) is 4.04. The summed E-state index contributed by atoms with van der Waals surface area (Å²) in [5.41, 5.74) is 2.56. The Bertz CT molecular complexity index is 689. The van der Waals surface area contributed by atoms with Gasteiger partial charge in [0.05, 0.1) is 0 Å². The number of thiocarbonyl (C=S) groups is 1. The van der Waals surface area contributed by atoms with E-state index < -0.39 is 5.60 Å². The molecule has 3 rings (SSSR count). The van der Waals surface area contributed by atoms with Crippen molar-refractivity contribution in [2.24, 2.45) is 0 Å². The monoisotopic (exact) mass is 331 g/mol. The Labute approximate surface area is 141 Å². The van der Waals surface area contributed by atoms with Crippen molar-refractivity contribution in [2.45, 2.75) is 31.8 Å². The van der Waals surface area contributed by atoms with Gasteiger partial charge in [0, 0.05) is 21.8 Å². The van der Waals surface area contributed by atoms with E-state index in [1.54, 1.807) is 0 Å². The van der Waals surface area contributed by atoms with E-state index in [4.69, 9.17) is 28.6 Å². The van der Waals surface area contributed by atoms with Crippen molar-refractivity contribution in [3.63, 3.8) is 0 Å². The first-order chi connectivity index (χ1) is 10.7. The number of unbranched alkanes of at least 4 members (excludes halogenated alkanes) is 1. The van der Waals surface area contributed by atoms with Crippen LogP contribution in [-0.4, -0.2) is 5.17 Å². The van der Waals surface area contributed by atoms with Crippen molar-refractivity contribution in [1.82, 2.24) is 0 Å². The van der Waals surface area contributed by atoms with Gasteiger partial charge in [-0.2, -0.15) is 0 Å². The number of hydrogen-bond donors (Lipinski definition) is 1. The van der Waals surface area contributed by atoms with Gasteiger partial charge in [-0.1, -0.05) is 55.3 Å². The van der Waals surface area contributed by atoms with Crippen LogP contribution in [-0.2, 0) is 10.3 Å². The number of fused-ring (bicyclic) bond motifs is 1. The molecule has 0 saturated carbocycles. The second-order valence-electron chi connectivity index (χ2n) is 5.50. The highest BCUT2D eigenvalue weighted by atomic mass is 35.5. The molecule has 22 heavy (non-hydrogen) atoms. The summed E-state index contributed by atoms with van der Waals surface area (Å²) >= 11 is 11.6. The van der Waals surface area contributed by atoms with E-state index >= 15 is 0 Å². The Kier molecular flexibility index (Phi) is 4.37. The summed E-state index contributed by atoms with van der Waals surface area (Å²) in [5.74, 6) is 0. The standard InChI is InChI=1S/C18H18ClNOS/c1-2-3-11-18(13-7-5-4-6-8-13)15-12-14(19)9-10-16(15)20-17(22)21-18/h4-10,12H,2-3,11H2,1H3,(H,20,22). The van der Waals surface area contributed by atoms with Gasteiger partial charge < -0.3 is 10.1 Å². The highest BCUT2D eigenvalue weighted by Gasteiger charge is 2.42. The molecule has 114 valence electrons. The maximum absolute atomic E-state index is 6.25. The lowest BCUT2D eigenvalue weighted by atomic mass is 9.80. The number of ether oxygens (including phenoxy) is 1. The van der Waals surface area contributed by atoms with Gasteiger partial charge in [0.1, 0.15) is 0 Å². The maximum Gasteiger partial charge on any atom is 0.262 e. The predicted octanol–water partition coefficient (Wildman–Crippen LogP) is 5.50. The van der Waals surface area contributed by atoms with Crippen molar-refractivity contribution in [3.8, 4) is 0 Å². The molecule has 2 nitrogen and oxygen atoms in total. The van der Waals surface area contributed by atoms with Crippen LogP contribution in [0.15, 0.2) is 48.5 Å². The highest BCUT2D eigenvalue weighted by Crippen LogP contribution is 2.45. The van der Waals surface area contributed by atoms with Gasteiger partial charge in [-0.3, -0.25) is 0 Å². The Balaban J connectivity index is 2.21. The van der Waals surface area contributed by atoms with Crippen molar-refractivity contribution >= 4 is 34.7 Å². The lowest BCUT2D eigenvalue weighted by molar-refractivity contribution is 0.0840. The molecular formula is C18H18ClNOS. The number of benzene rings is 2. The smallest absolute Gasteiger partial charge is 0.262 e. The first kappa shape index (κ1) is 15.3. The molecular weight excluding hydrogens is 314 g/mol. The zero-order valence-electron chi connectivity index (χ0n) is 12.4. The van der Waals surface area contributed by atoms with Crippen LogP contribution >= 0.6 is 23.8 Å². The molecule has 1 aliphatic heterocycles. The first-order valence-electron chi connectivity index (χ1n) is 7.51. The molecule has 0 aromatic heterocycles. The fourth-order valence-electron chi connectivity index (χ4n) is 2.99. The Morgan fingerprint density at radius 1 is 1.18 bits per heavy atom. The molecule has 2 aromatic carbocycles. The molecule has 0 radical (unpaired) electrons. The minimum atomic E-state index is -0.570. The van der Waals surface area contributed by atoms with Gasteiger partial charge in [-0.25, -0.2) is 0 Å². The second kappa shape index (κ2) is 6.27. The average molecular weight is 332 g/mol. The number of halogens is 1. The Morgan fingerprint density at radius 3 is 2.68 bits per heavy atom. The van der Waals surface area contributed by atoms with Gasteiger partial charge >= 0.3 is 0 Å². The lowest BCUT2D eigenvalue weighted by Gasteiger charge is -2.40. The summed E-state index contributed by atoms with van der Waals surface area (Å²) in [6, 6.07) is 16.1. The summed E-state index contributed by atoms with van der Waals surface area (Å²) in [6.45, 7) is 2.18. The largest absolute Gasteiger partial charge is 0.454 e. The number of anilines is 1. The third kappa shape index (κ3) is 2.71. The number of hydrogen-bond acceptors (Lipinski definition) is 2. The van der Waals surface area contributed by atoms with Gasteiger partial charge in [0.15, 0.2) is 5.60 Å². The molecule has 4 heteroatoms. The van der Waals surface area contributed by atoms with E-state index in [-0.39, 0.29) is 0 Å². The molecule has 0 saturated heterocycles. The average Bonchev–Trinajstić information content (AvgIpc) is 2.54. The molecule has 1 unspecified atom stereocenters. The molecule has 1 atom stereocenters. The van der Waals surface area contributed by atoms with Crippen LogP contribution in [0.2, 0.25) is 5.02 Å². The van der Waals surface area contributed by atoms with Crippen LogP contribution in [0.1, 0.15) is 37.3 Å². The van der Waals surface area contributed by atoms with Gasteiger partial charge in [-0.05, 0) is 43.3 Å². The zero-order valence-corrected chi connectivity index (χ0v) is 14.0. The quantitative estimate of drug-likeness (QED) is 0.747. The third-order valence-corrected chi connectivity index (χ3v) is 4.46. The minimum absolute atomic E-state index is 0.412. The zero-order chi connectivity index (χ0) is 15.6. The molecule has 2 aromatic rings. The summed E-state index contributed by atoms with van der Waals surface area (Å²) in [7, 11) is 0. The Morgan fingerprint density at radius 2 is 1.95 bits per heavy atom. The van der Waals surface area contributed by atoms with E-state index in [2.05, 4.69) is 24.4 Å². The van der Waals surface area contributed by atoms with E-state index in [0.29, 0.717) is 10.2 Å². The molecule has 0 fully saturated rings. The van der Waals surface area contributed by atoms with Gasteiger partial charge in [0.2, 0.25) is 0 Å². The van der Waals surface area contributed by atoms with E-state index in [0.717, 1.165) is 36.1 Å². The van der Waals surface area contributed by atoms with Crippen LogP contribution < -0.4 is 5.32 Å². The maximum atomic E-state index is 6.25. The molecule has 0 aliphatic carbocycles. The van der Waals surface area contributed by atoms with Crippen molar-refractivity contribution in [2.75, 3.05) is 5.32 Å². The van der Waals surface area contributed by atoms with Gasteiger partial charge in [-0.15, -0.1) is 0 Å². The van der Waals surface area contributed by atoms with E-state index in [9.17, 15) is 0 Å². The predicted molar refractivity (Wildman–Crippen MR) is 95.5 cm³/mol. The molecule has 1 aliphatic rings. The van der Waals surface area contributed by atoms with Crippen LogP contribution in [0, 0.1) is 0 Å². The van der Waals surface area contributed by atoms with Crippen molar-refractivity contribution < 1.29 is 4.74 Å². The molecule has 1 N–H and O–H groups in total. The normalized spacial score (nSPS) is 20.0. The van der Waals surface area contributed by atoms with Crippen molar-refractivity contribution in [1.29, 1.82) is 0 Å². The van der Waals surface area contributed by atoms with Gasteiger partial charge in [0.25, 0.3) is 5.17 Å². The first-order valence-corrected chi connectivity index (χ1v) is 8.30. The summed E-state index contributed by atoms with van der Waals surface area (Å²) in [6.07, 6.45) is 3.00. The number of rotatable bonds is 4. The molecule has 0 spiro atoms. The SMILES string of the molecule is CCCCC1(c2ccccc2)OC(=S)Nc2ccc(Cl)cc21. The topological polar surface area (TPSA) is 21.3 Å². The van der Waals surface area contributed by atoms with Crippen LogP contribution in [0.5, 0.6) is 0 Å². The van der Waals surface area contributed by atoms with E-state index in [1.807, 2.05) is 36.4 Å². The fraction of sp³-hybridized carbons (Fsp3) is 0.278. The minimum Gasteiger partial charge on any atom is -0.454 e. The lowest BCUT2D eigenvalue weighted by Crippen LogP contribution is -2.40. The summed E-state index contributed by atoms with van der Waals surface area (Å²) < 4.78 is 6.21. The van der Waals surface area contributed by atoms with Crippen molar-refractivity contribution in [3.05, 3.63) is 64.7 Å². The second-order valence-corrected chi connectivity index (χ2v) is 6.31. The fourth-order valence-corrected chi connectivity index (χ4v) is 3.41. The van der Waals surface area contributed by atoms with Crippen LogP contribution in [0.3, 0.4) is 0 Å². The van der Waals surface area contributed by atoms with E-state index in [1.165, 1.54) is 0 Å². The molecule has 0 bridgehead atoms. The molecule has 1 heterocycles. The summed E-state index contributed by atoms with van der Waals surface area (Å²) in [4.78, 5) is 0. The number of nitrogens with one attached hydrogen (secondary N) is 1. The van der Waals surface area contributed by atoms with Crippen LogP contribution in [0.25, 0.3) is 0 Å².